The summed E-state index contributed by atoms with van der Waals surface area (Å²) in [6, 6.07) is 0. The predicted octanol–water partition coefficient (Wildman–Crippen LogP) is 3.31. The van der Waals surface area contributed by atoms with Crippen LogP contribution in [0.25, 0.3) is 0 Å². The third kappa shape index (κ3) is 1.29. The van der Waals surface area contributed by atoms with Crippen molar-refractivity contribution in [3.05, 3.63) is 0 Å². The minimum Gasteiger partial charge on any atom is -0.345 e. The molecule has 4 aliphatic carbocycles. The van der Waals surface area contributed by atoms with E-state index in [1.807, 2.05) is 13.8 Å². The molecule has 5 aliphatic rings. The molecular formula is C18H26O3. The zero-order chi connectivity index (χ0) is 14.6. The first-order valence-electron chi connectivity index (χ1n) is 8.77. The van der Waals surface area contributed by atoms with E-state index in [1.54, 1.807) is 0 Å². The van der Waals surface area contributed by atoms with Crippen molar-refractivity contribution in [3.63, 3.8) is 0 Å². The van der Waals surface area contributed by atoms with E-state index in [4.69, 9.17) is 9.47 Å². The van der Waals surface area contributed by atoms with Gasteiger partial charge in [-0.15, -0.1) is 0 Å². The summed E-state index contributed by atoms with van der Waals surface area (Å²) in [6.45, 7) is 6.37. The number of carbonyl (C=O) groups excluding carboxylic acids is 1. The molecule has 4 saturated carbocycles. The number of Topliss-reactive ketones (excluding diaryl/α,β-unsaturated/α-hetero) is 1. The zero-order valence-corrected chi connectivity index (χ0v) is 13.4. The maximum absolute atomic E-state index is 12.7. The average Bonchev–Trinajstić information content (AvgIpc) is 3.08. The highest BCUT2D eigenvalue weighted by Gasteiger charge is 2.75. The van der Waals surface area contributed by atoms with E-state index in [2.05, 4.69) is 6.92 Å². The van der Waals surface area contributed by atoms with E-state index in [0.29, 0.717) is 17.6 Å². The maximum Gasteiger partial charge on any atom is 0.163 e. The molecule has 3 nitrogen and oxygen atoms in total. The summed E-state index contributed by atoms with van der Waals surface area (Å²) >= 11 is 0. The number of ketones is 1. The number of rotatable bonds is 0. The second-order valence-corrected chi connectivity index (χ2v) is 8.92. The van der Waals surface area contributed by atoms with Crippen LogP contribution in [0.2, 0.25) is 0 Å². The Morgan fingerprint density at radius 2 is 1.86 bits per heavy atom. The molecule has 0 N–H and O–H groups in total. The molecule has 1 saturated heterocycles. The van der Waals surface area contributed by atoms with Crippen LogP contribution in [0.1, 0.15) is 59.3 Å². The third-order valence-electron chi connectivity index (χ3n) is 7.94. The van der Waals surface area contributed by atoms with Gasteiger partial charge in [0.25, 0.3) is 0 Å². The summed E-state index contributed by atoms with van der Waals surface area (Å²) in [5.41, 5.74) is 0.188. The molecule has 3 heteroatoms. The normalized spacial score (nSPS) is 60.0. The average molecular weight is 290 g/mol. The van der Waals surface area contributed by atoms with Crippen LogP contribution in [-0.4, -0.2) is 23.8 Å². The molecule has 21 heavy (non-hydrogen) atoms. The molecule has 0 aromatic heterocycles. The number of ether oxygens (including phenoxy) is 2. The van der Waals surface area contributed by atoms with Crippen LogP contribution in [0.15, 0.2) is 0 Å². The lowest BCUT2D eigenvalue weighted by atomic mass is 9.67. The predicted molar refractivity (Wildman–Crippen MR) is 77.5 cm³/mol. The first-order valence-corrected chi connectivity index (χ1v) is 8.77. The van der Waals surface area contributed by atoms with E-state index < -0.39 is 5.79 Å². The molecule has 0 bridgehead atoms. The number of hydrogen-bond acceptors (Lipinski definition) is 3. The molecule has 7 unspecified atom stereocenters. The lowest BCUT2D eigenvalue weighted by Gasteiger charge is -2.39. The van der Waals surface area contributed by atoms with Crippen molar-refractivity contribution in [1.29, 1.82) is 0 Å². The van der Waals surface area contributed by atoms with Gasteiger partial charge in [-0.1, -0.05) is 6.92 Å². The Hall–Kier alpha value is -0.410. The Morgan fingerprint density at radius 3 is 2.67 bits per heavy atom. The van der Waals surface area contributed by atoms with E-state index in [-0.39, 0.29) is 23.0 Å². The standard InChI is InChI=1S/C18H26O3/c1-16(2)20-12-8-10-4-6-13-17(3)11(5-7-14(17)19)9-18(10,13)15(12)21-16/h10-13,15H,4-9H2,1-3H3. The molecule has 1 aliphatic heterocycles. The van der Waals surface area contributed by atoms with Crippen LogP contribution in [0.5, 0.6) is 0 Å². The highest BCUT2D eigenvalue weighted by atomic mass is 16.8. The molecule has 5 fully saturated rings. The van der Waals surface area contributed by atoms with E-state index in [1.165, 1.54) is 19.3 Å². The Morgan fingerprint density at radius 1 is 1.05 bits per heavy atom. The summed E-state index contributed by atoms with van der Waals surface area (Å²) in [5.74, 6) is 1.97. The van der Waals surface area contributed by atoms with Gasteiger partial charge in [0.15, 0.2) is 5.79 Å². The minimum atomic E-state index is -0.440. The molecule has 0 aromatic carbocycles. The second kappa shape index (κ2) is 3.56. The number of fused-ring (bicyclic) bond motifs is 3. The summed E-state index contributed by atoms with van der Waals surface area (Å²) in [6.07, 6.45) is 7.31. The quantitative estimate of drug-likeness (QED) is 0.686. The van der Waals surface area contributed by atoms with Crippen molar-refractivity contribution >= 4 is 5.78 Å². The largest absolute Gasteiger partial charge is 0.345 e. The van der Waals surface area contributed by atoms with Crippen molar-refractivity contribution < 1.29 is 14.3 Å². The Labute approximate surface area is 126 Å². The van der Waals surface area contributed by atoms with Crippen molar-refractivity contribution in [2.45, 2.75) is 77.3 Å². The van der Waals surface area contributed by atoms with Crippen LogP contribution in [0.3, 0.4) is 0 Å². The first-order chi connectivity index (χ1) is 9.88. The van der Waals surface area contributed by atoms with Gasteiger partial charge in [0, 0.05) is 17.3 Å². The van der Waals surface area contributed by atoms with Crippen LogP contribution in [-0.2, 0) is 14.3 Å². The maximum atomic E-state index is 12.7. The molecule has 116 valence electrons. The smallest absolute Gasteiger partial charge is 0.163 e. The van der Waals surface area contributed by atoms with Gasteiger partial charge < -0.3 is 9.47 Å². The lowest BCUT2D eigenvalue weighted by molar-refractivity contribution is -0.173. The van der Waals surface area contributed by atoms with Crippen molar-refractivity contribution in [1.82, 2.24) is 0 Å². The molecule has 5 rings (SSSR count). The fraction of sp³-hybridized carbons (Fsp3) is 0.944. The molecule has 7 atom stereocenters. The van der Waals surface area contributed by atoms with Gasteiger partial charge >= 0.3 is 0 Å². The summed E-state index contributed by atoms with van der Waals surface area (Å²) in [5, 5.41) is 0. The van der Waals surface area contributed by atoms with Crippen LogP contribution < -0.4 is 0 Å². The van der Waals surface area contributed by atoms with Gasteiger partial charge in [-0.2, -0.15) is 0 Å². The summed E-state index contributed by atoms with van der Waals surface area (Å²) in [4.78, 5) is 12.7. The summed E-state index contributed by atoms with van der Waals surface area (Å²) in [7, 11) is 0. The van der Waals surface area contributed by atoms with Gasteiger partial charge in [0.1, 0.15) is 5.78 Å². The van der Waals surface area contributed by atoms with Gasteiger partial charge in [0.2, 0.25) is 0 Å². The van der Waals surface area contributed by atoms with Gasteiger partial charge in [-0.3, -0.25) is 4.79 Å². The fourth-order valence-corrected chi connectivity index (χ4v) is 7.31. The molecule has 1 spiro atoms. The number of carbonyl (C=O) groups is 1. The monoisotopic (exact) mass is 290 g/mol. The zero-order valence-electron chi connectivity index (χ0n) is 13.4. The van der Waals surface area contributed by atoms with Crippen LogP contribution in [0.4, 0.5) is 0 Å². The van der Waals surface area contributed by atoms with Gasteiger partial charge in [-0.25, -0.2) is 0 Å². The molecular weight excluding hydrogens is 264 g/mol. The van der Waals surface area contributed by atoms with E-state index in [9.17, 15) is 4.79 Å². The molecule has 0 radical (unpaired) electrons. The highest BCUT2D eigenvalue weighted by molar-refractivity contribution is 5.88. The lowest BCUT2D eigenvalue weighted by Crippen LogP contribution is -2.43. The fourth-order valence-electron chi connectivity index (χ4n) is 7.31. The van der Waals surface area contributed by atoms with Crippen molar-refractivity contribution in [2.75, 3.05) is 0 Å². The van der Waals surface area contributed by atoms with E-state index >= 15 is 0 Å². The molecule has 0 aromatic rings. The van der Waals surface area contributed by atoms with Gasteiger partial charge in [-0.05, 0) is 63.7 Å². The second-order valence-electron chi connectivity index (χ2n) is 8.92. The van der Waals surface area contributed by atoms with Crippen molar-refractivity contribution in [3.8, 4) is 0 Å². The van der Waals surface area contributed by atoms with Gasteiger partial charge in [0.05, 0.1) is 12.2 Å². The highest BCUT2D eigenvalue weighted by Crippen LogP contribution is 2.75. The van der Waals surface area contributed by atoms with Crippen LogP contribution >= 0.6 is 0 Å². The Bertz CT molecular complexity index is 527. The SMILES string of the molecule is CC1(C)OC2CC3CCC4C5(C)C(=O)CCC5CC34C2O1. The number of hydrogen-bond donors (Lipinski definition) is 0. The summed E-state index contributed by atoms with van der Waals surface area (Å²) < 4.78 is 12.6. The Balaban J connectivity index is 1.60. The molecule has 1 heterocycles. The minimum absolute atomic E-state index is 0.0558. The first kappa shape index (κ1) is 13.1. The van der Waals surface area contributed by atoms with Crippen molar-refractivity contribution in [2.24, 2.45) is 28.6 Å². The van der Waals surface area contributed by atoms with E-state index in [0.717, 1.165) is 25.2 Å². The van der Waals surface area contributed by atoms with Crippen LogP contribution in [0, 0.1) is 28.6 Å². The topological polar surface area (TPSA) is 35.5 Å². The third-order valence-corrected chi connectivity index (χ3v) is 7.94. The molecule has 0 amide bonds. The Kier molecular flexibility index (Phi) is 2.22.